The van der Waals surface area contributed by atoms with Crippen molar-refractivity contribution in [2.24, 2.45) is 11.7 Å². The summed E-state index contributed by atoms with van der Waals surface area (Å²) in [7, 11) is 0. The van der Waals surface area contributed by atoms with Gasteiger partial charge in [0.15, 0.2) is 0 Å². The summed E-state index contributed by atoms with van der Waals surface area (Å²) in [4.78, 5) is 13.0. The van der Waals surface area contributed by atoms with Gasteiger partial charge in [-0.2, -0.15) is 0 Å². The van der Waals surface area contributed by atoms with Gasteiger partial charge in [0.25, 0.3) is 5.91 Å². The molecule has 1 aromatic rings. The Morgan fingerprint density at radius 1 is 1.35 bits per heavy atom. The van der Waals surface area contributed by atoms with Crippen LogP contribution in [-0.4, -0.2) is 24.7 Å². The third-order valence-corrected chi connectivity index (χ3v) is 3.45. The predicted molar refractivity (Wildman–Crippen MR) is 73.4 cm³/mol. The molecular weight excluding hydrogens is 232 g/mol. The van der Waals surface area contributed by atoms with Crippen LogP contribution in [0.2, 0.25) is 0 Å². The topological polar surface area (TPSA) is 55.1 Å². The Labute approximate surface area is 107 Å². The number of amides is 1. The molecule has 3 nitrogen and oxygen atoms in total. The molecule has 0 saturated carbocycles. The zero-order chi connectivity index (χ0) is 12.8. The lowest BCUT2D eigenvalue weighted by Crippen LogP contribution is -2.40. The lowest BCUT2D eigenvalue weighted by atomic mass is 10.1. The largest absolute Gasteiger partial charge is 0.350 e. The number of rotatable bonds is 5. The molecule has 1 atom stereocenters. The van der Waals surface area contributed by atoms with Crippen molar-refractivity contribution in [2.45, 2.75) is 24.8 Å². The summed E-state index contributed by atoms with van der Waals surface area (Å²) in [6.45, 7) is 4.61. The Bertz CT molecular complexity index is 362. The number of nitrogens with one attached hydrogen (secondary N) is 1. The normalized spacial score (nSPS) is 12.5. The molecule has 0 aromatic heterocycles. The summed E-state index contributed by atoms with van der Waals surface area (Å²) in [5.41, 5.74) is 6.55. The Morgan fingerprint density at radius 3 is 2.41 bits per heavy atom. The summed E-state index contributed by atoms with van der Waals surface area (Å²) < 4.78 is 0. The van der Waals surface area contributed by atoms with Crippen molar-refractivity contribution in [3.63, 3.8) is 0 Å². The molecular formula is C13H20N2OS. The van der Waals surface area contributed by atoms with Crippen LogP contribution in [0.1, 0.15) is 24.2 Å². The molecule has 4 heteroatoms. The third-order valence-electron chi connectivity index (χ3n) is 2.71. The second-order valence-electron chi connectivity index (χ2n) is 4.35. The van der Waals surface area contributed by atoms with Crippen LogP contribution < -0.4 is 11.1 Å². The van der Waals surface area contributed by atoms with E-state index in [1.54, 1.807) is 11.8 Å². The number of carbonyl (C=O) groups is 1. The molecule has 0 heterocycles. The monoisotopic (exact) mass is 252 g/mol. The van der Waals surface area contributed by atoms with Crippen LogP contribution in [0.3, 0.4) is 0 Å². The maximum atomic E-state index is 11.8. The molecule has 1 rings (SSSR count). The quantitative estimate of drug-likeness (QED) is 0.789. The zero-order valence-corrected chi connectivity index (χ0v) is 11.4. The number of carbonyl (C=O) groups excluding carboxylic acids is 1. The highest BCUT2D eigenvalue weighted by molar-refractivity contribution is 7.98. The van der Waals surface area contributed by atoms with E-state index in [1.807, 2.05) is 44.4 Å². The van der Waals surface area contributed by atoms with E-state index < -0.39 is 0 Å². The lowest BCUT2D eigenvalue weighted by Gasteiger charge is -2.16. The fourth-order valence-corrected chi connectivity index (χ4v) is 1.70. The highest BCUT2D eigenvalue weighted by Gasteiger charge is 2.10. The summed E-state index contributed by atoms with van der Waals surface area (Å²) in [6, 6.07) is 7.57. The zero-order valence-electron chi connectivity index (χ0n) is 10.6. The molecule has 0 fully saturated rings. The maximum Gasteiger partial charge on any atom is 0.251 e. The first-order chi connectivity index (χ1) is 8.04. The van der Waals surface area contributed by atoms with Crippen LogP contribution in [0.5, 0.6) is 0 Å². The molecule has 0 aliphatic heterocycles. The van der Waals surface area contributed by atoms with Crippen LogP contribution in [0, 0.1) is 5.92 Å². The van der Waals surface area contributed by atoms with Gasteiger partial charge in [0.05, 0.1) is 0 Å². The first-order valence-electron chi connectivity index (χ1n) is 5.72. The van der Waals surface area contributed by atoms with Gasteiger partial charge in [0.1, 0.15) is 0 Å². The van der Waals surface area contributed by atoms with Crippen LogP contribution in [0.4, 0.5) is 0 Å². The molecule has 0 aliphatic carbocycles. The molecule has 94 valence electrons. The lowest BCUT2D eigenvalue weighted by molar-refractivity contribution is 0.0949. The first kappa shape index (κ1) is 14.1. The highest BCUT2D eigenvalue weighted by atomic mass is 32.2. The third kappa shape index (κ3) is 4.40. The highest BCUT2D eigenvalue weighted by Crippen LogP contribution is 2.14. The van der Waals surface area contributed by atoms with Gasteiger partial charge in [-0.25, -0.2) is 0 Å². The fourth-order valence-electron chi connectivity index (χ4n) is 1.29. The van der Waals surface area contributed by atoms with E-state index in [0.29, 0.717) is 18.0 Å². The fraction of sp³-hybridized carbons (Fsp3) is 0.462. The smallest absolute Gasteiger partial charge is 0.251 e. The van der Waals surface area contributed by atoms with Crippen molar-refractivity contribution >= 4 is 17.7 Å². The van der Waals surface area contributed by atoms with Gasteiger partial charge in [-0.1, -0.05) is 13.8 Å². The minimum absolute atomic E-state index is 0.00409. The summed E-state index contributed by atoms with van der Waals surface area (Å²) in [5, 5.41) is 2.85. The van der Waals surface area contributed by atoms with E-state index in [4.69, 9.17) is 5.73 Å². The number of hydrogen-bond donors (Lipinski definition) is 2. The van der Waals surface area contributed by atoms with Crippen LogP contribution >= 0.6 is 11.8 Å². The average Bonchev–Trinajstić information content (AvgIpc) is 2.35. The first-order valence-corrected chi connectivity index (χ1v) is 6.95. The summed E-state index contributed by atoms with van der Waals surface area (Å²) in [6.07, 6.45) is 2.01. The second-order valence-corrected chi connectivity index (χ2v) is 5.23. The molecule has 1 aromatic carbocycles. The van der Waals surface area contributed by atoms with E-state index in [1.165, 1.54) is 0 Å². The molecule has 1 amide bonds. The van der Waals surface area contributed by atoms with Crippen LogP contribution in [-0.2, 0) is 0 Å². The molecule has 17 heavy (non-hydrogen) atoms. The average molecular weight is 252 g/mol. The van der Waals surface area contributed by atoms with Gasteiger partial charge in [-0.3, -0.25) is 4.79 Å². The van der Waals surface area contributed by atoms with E-state index in [0.717, 1.165) is 4.90 Å². The van der Waals surface area contributed by atoms with Gasteiger partial charge < -0.3 is 11.1 Å². The van der Waals surface area contributed by atoms with E-state index in [-0.39, 0.29) is 11.9 Å². The molecule has 3 N–H and O–H groups in total. The van der Waals surface area contributed by atoms with Crippen molar-refractivity contribution in [1.29, 1.82) is 0 Å². The number of benzene rings is 1. The van der Waals surface area contributed by atoms with Crippen molar-refractivity contribution < 1.29 is 4.79 Å². The van der Waals surface area contributed by atoms with Crippen molar-refractivity contribution in [3.8, 4) is 0 Å². The Balaban J connectivity index is 2.52. The van der Waals surface area contributed by atoms with Crippen LogP contribution in [0.15, 0.2) is 29.2 Å². The predicted octanol–water partition coefficient (Wildman–Crippen LogP) is 2.12. The van der Waals surface area contributed by atoms with Gasteiger partial charge >= 0.3 is 0 Å². The van der Waals surface area contributed by atoms with Gasteiger partial charge in [0.2, 0.25) is 0 Å². The molecule has 0 bridgehead atoms. The minimum atomic E-state index is -0.0613. The number of thioether (sulfide) groups is 1. The van der Waals surface area contributed by atoms with E-state index >= 15 is 0 Å². The SMILES string of the molecule is CSc1ccc(C(=O)NCC(N)C(C)C)cc1. The molecule has 0 saturated heterocycles. The number of nitrogens with two attached hydrogens (primary N) is 1. The maximum absolute atomic E-state index is 11.8. The van der Waals surface area contributed by atoms with Crippen LogP contribution in [0.25, 0.3) is 0 Å². The Kier molecular flexibility index (Phi) is 5.51. The van der Waals surface area contributed by atoms with Gasteiger partial charge in [-0.05, 0) is 36.4 Å². The van der Waals surface area contributed by atoms with Gasteiger partial charge in [0, 0.05) is 23.0 Å². The summed E-state index contributed by atoms with van der Waals surface area (Å²) >= 11 is 1.66. The van der Waals surface area contributed by atoms with E-state index in [9.17, 15) is 4.79 Å². The Hall–Kier alpha value is -1.00. The van der Waals surface area contributed by atoms with Crippen molar-refractivity contribution in [3.05, 3.63) is 29.8 Å². The molecule has 0 aliphatic rings. The summed E-state index contributed by atoms with van der Waals surface area (Å²) in [5.74, 6) is 0.308. The Morgan fingerprint density at radius 2 is 1.94 bits per heavy atom. The standard InChI is InChI=1S/C13H20N2OS/c1-9(2)12(14)8-15-13(16)10-4-6-11(17-3)7-5-10/h4-7,9,12H,8,14H2,1-3H3,(H,15,16). The number of hydrogen-bond acceptors (Lipinski definition) is 3. The molecule has 1 unspecified atom stereocenters. The van der Waals surface area contributed by atoms with Crippen molar-refractivity contribution in [2.75, 3.05) is 12.8 Å². The second kappa shape index (κ2) is 6.67. The molecule has 0 spiro atoms. The van der Waals surface area contributed by atoms with E-state index in [2.05, 4.69) is 5.32 Å². The molecule has 0 radical (unpaired) electrons. The minimum Gasteiger partial charge on any atom is -0.350 e. The van der Waals surface area contributed by atoms with Gasteiger partial charge in [-0.15, -0.1) is 11.8 Å². The van der Waals surface area contributed by atoms with Crippen molar-refractivity contribution in [1.82, 2.24) is 5.32 Å².